The van der Waals surface area contributed by atoms with Crippen LogP contribution in [0.4, 0.5) is 10.5 Å². The summed E-state index contributed by atoms with van der Waals surface area (Å²) < 4.78 is 11.2. The van der Waals surface area contributed by atoms with Gasteiger partial charge in [-0.25, -0.2) is 4.79 Å². The maximum Gasteiger partial charge on any atom is 0.319 e. The van der Waals surface area contributed by atoms with E-state index in [1.54, 1.807) is 0 Å². The van der Waals surface area contributed by atoms with Crippen molar-refractivity contribution < 1.29 is 14.3 Å². The molecule has 2 amide bonds. The smallest absolute Gasteiger partial charge is 0.319 e. The quantitative estimate of drug-likeness (QED) is 0.620. The topological polar surface area (TPSA) is 59.6 Å². The number of ether oxygens (including phenoxy) is 2. The normalized spacial score (nSPS) is 10.2. The molecule has 2 aromatic carbocycles. The van der Waals surface area contributed by atoms with E-state index in [0.717, 1.165) is 22.0 Å². The van der Waals surface area contributed by atoms with Crippen molar-refractivity contribution >= 4 is 24.3 Å². The molecule has 0 aliphatic carbocycles. The van der Waals surface area contributed by atoms with E-state index in [1.807, 2.05) is 56.3 Å². The molecule has 0 heterocycles. The minimum absolute atomic E-state index is 0.252. The SMILES string of the molecule is CCOc1ccc(CCNC(=O)Nc2ccccc2S)cc1OCC. The van der Waals surface area contributed by atoms with E-state index in [4.69, 9.17) is 9.47 Å². The highest BCUT2D eigenvalue weighted by Gasteiger charge is 2.07. The number of hydrogen-bond acceptors (Lipinski definition) is 4. The zero-order valence-electron chi connectivity index (χ0n) is 14.5. The lowest BCUT2D eigenvalue weighted by Gasteiger charge is -2.13. The van der Waals surface area contributed by atoms with Gasteiger partial charge in [0.2, 0.25) is 0 Å². The van der Waals surface area contributed by atoms with Crippen LogP contribution in [0.3, 0.4) is 0 Å². The maximum absolute atomic E-state index is 12.0. The molecule has 2 rings (SSSR count). The number of urea groups is 1. The van der Waals surface area contributed by atoms with Crippen molar-refractivity contribution in [3.05, 3.63) is 48.0 Å². The number of carbonyl (C=O) groups excluding carboxylic acids is 1. The van der Waals surface area contributed by atoms with Gasteiger partial charge < -0.3 is 20.1 Å². The molecule has 5 nitrogen and oxygen atoms in total. The fourth-order valence-electron chi connectivity index (χ4n) is 2.32. The molecule has 0 unspecified atom stereocenters. The standard InChI is InChI=1S/C19H24N2O3S/c1-3-23-16-10-9-14(13-17(16)24-4-2)11-12-20-19(22)21-15-7-5-6-8-18(15)25/h5-10,13,25H,3-4,11-12H2,1-2H3,(H2,20,21,22). The summed E-state index contributed by atoms with van der Waals surface area (Å²) in [4.78, 5) is 12.7. The first-order valence-corrected chi connectivity index (χ1v) is 8.80. The highest BCUT2D eigenvalue weighted by Crippen LogP contribution is 2.28. The van der Waals surface area contributed by atoms with Crippen LogP contribution in [0, 0.1) is 0 Å². The van der Waals surface area contributed by atoms with Crippen LogP contribution < -0.4 is 20.1 Å². The molecule has 0 atom stereocenters. The summed E-state index contributed by atoms with van der Waals surface area (Å²) in [5, 5.41) is 5.62. The van der Waals surface area contributed by atoms with Crippen molar-refractivity contribution in [3.63, 3.8) is 0 Å². The second kappa shape index (κ2) is 9.84. The van der Waals surface area contributed by atoms with Crippen LogP contribution in [0.5, 0.6) is 11.5 Å². The molecule has 0 aliphatic heterocycles. The van der Waals surface area contributed by atoms with Crippen molar-refractivity contribution in [2.24, 2.45) is 0 Å². The Hall–Kier alpha value is -2.34. The van der Waals surface area contributed by atoms with Gasteiger partial charge in [-0.15, -0.1) is 12.6 Å². The predicted octanol–water partition coefficient (Wildman–Crippen LogP) is 4.14. The molecule has 0 radical (unpaired) electrons. The van der Waals surface area contributed by atoms with Crippen LogP contribution in [-0.4, -0.2) is 25.8 Å². The molecule has 0 fully saturated rings. The molecule has 0 bridgehead atoms. The average molecular weight is 360 g/mol. The van der Waals surface area contributed by atoms with Gasteiger partial charge >= 0.3 is 6.03 Å². The van der Waals surface area contributed by atoms with Crippen LogP contribution in [0.15, 0.2) is 47.4 Å². The second-order valence-electron chi connectivity index (χ2n) is 5.30. The van der Waals surface area contributed by atoms with E-state index in [-0.39, 0.29) is 6.03 Å². The highest BCUT2D eigenvalue weighted by atomic mass is 32.1. The van der Waals surface area contributed by atoms with Gasteiger partial charge in [0, 0.05) is 11.4 Å². The summed E-state index contributed by atoms with van der Waals surface area (Å²) >= 11 is 4.31. The Morgan fingerprint density at radius 3 is 2.48 bits per heavy atom. The summed E-state index contributed by atoms with van der Waals surface area (Å²) in [6.45, 7) is 5.56. The van der Waals surface area contributed by atoms with Gasteiger partial charge in [0.05, 0.1) is 18.9 Å². The molecule has 6 heteroatoms. The van der Waals surface area contributed by atoms with Crippen molar-refractivity contribution in [1.29, 1.82) is 0 Å². The number of carbonyl (C=O) groups is 1. The largest absolute Gasteiger partial charge is 0.490 e. The number of hydrogen-bond donors (Lipinski definition) is 3. The van der Waals surface area contributed by atoms with Gasteiger partial charge in [0.25, 0.3) is 0 Å². The van der Waals surface area contributed by atoms with Crippen molar-refractivity contribution in [3.8, 4) is 11.5 Å². The Labute approximate surface area is 154 Å². The third-order valence-electron chi connectivity index (χ3n) is 3.46. The molecule has 134 valence electrons. The van der Waals surface area contributed by atoms with Crippen LogP contribution >= 0.6 is 12.6 Å². The third-order valence-corrected chi connectivity index (χ3v) is 3.85. The number of amides is 2. The van der Waals surface area contributed by atoms with Crippen LogP contribution in [-0.2, 0) is 6.42 Å². The van der Waals surface area contributed by atoms with Crippen LogP contribution in [0.1, 0.15) is 19.4 Å². The maximum atomic E-state index is 12.0. The van der Waals surface area contributed by atoms with E-state index in [9.17, 15) is 4.79 Å². The molecular formula is C19H24N2O3S. The molecular weight excluding hydrogens is 336 g/mol. The molecule has 0 saturated heterocycles. The number of thiol groups is 1. The Kier molecular flexibility index (Phi) is 7.47. The zero-order chi connectivity index (χ0) is 18.1. The number of benzene rings is 2. The molecule has 0 aliphatic rings. The first-order chi connectivity index (χ1) is 12.1. The van der Waals surface area contributed by atoms with Crippen molar-refractivity contribution in [1.82, 2.24) is 5.32 Å². The van der Waals surface area contributed by atoms with Gasteiger partial charge in [-0.2, -0.15) is 0 Å². The Balaban J connectivity index is 1.87. The summed E-state index contributed by atoms with van der Waals surface area (Å²) in [5.41, 5.74) is 1.75. The van der Waals surface area contributed by atoms with Crippen molar-refractivity contribution in [2.75, 3.05) is 25.1 Å². The first kappa shape index (κ1) is 19.0. The molecule has 0 aromatic heterocycles. The molecule has 2 N–H and O–H groups in total. The number of nitrogens with one attached hydrogen (secondary N) is 2. The van der Waals surface area contributed by atoms with Crippen LogP contribution in [0.2, 0.25) is 0 Å². The summed E-state index contributed by atoms with van der Waals surface area (Å²) in [6.07, 6.45) is 0.697. The van der Waals surface area contributed by atoms with E-state index in [2.05, 4.69) is 23.3 Å². The van der Waals surface area contributed by atoms with Gasteiger partial charge in [-0.3, -0.25) is 0 Å². The monoisotopic (exact) mass is 360 g/mol. The van der Waals surface area contributed by atoms with E-state index >= 15 is 0 Å². The minimum Gasteiger partial charge on any atom is -0.490 e. The first-order valence-electron chi connectivity index (χ1n) is 8.35. The lowest BCUT2D eigenvalue weighted by atomic mass is 10.1. The predicted molar refractivity (Wildman–Crippen MR) is 103 cm³/mol. The lowest BCUT2D eigenvalue weighted by Crippen LogP contribution is -2.30. The fourth-order valence-corrected chi connectivity index (χ4v) is 2.53. The molecule has 0 saturated carbocycles. The third kappa shape index (κ3) is 5.90. The van der Waals surface area contributed by atoms with E-state index in [1.165, 1.54) is 0 Å². The Morgan fingerprint density at radius 2 is 1.76 bits per heavy atom. The highest BCUT2D eigenvalue weighted by molar-refractivity contribution is 7.80. The van der Waals surface area contributed by atoms with Gasteiger partial charge in [0.1, 0.15) is 0 Å². The van der Waals surface area contributed by atoms with Gasteiger partial charge in [0.15, 0.2) is 11.5 Å². The van der Waals surface area contributed by atoms with Gasteiger partial charge in [-0.05, 0) is 50.1 Å². The molecule has 2 aromatic rings. The van der Waals surface area contributed by atoms with E-state index < -0.39 is 0 Å². The zero-order valence-corrected chi connectivity index (χ0v) is 15.4. The van der Waals surface area contributed by atoms with Crippen LogP contribution in [0.25, 0.3) is 0 Å². The lowest BCUT2D eigenvalue weighted by molar-refractivity contribution is 0.252. The summed E-state index contributed by atoms with van der Waals surface area (Å²) in [6, 6.07) is 12.9. The minimum atomic E-state index is -0.252. The average Bonchev–Trinajstić information content (AvgIpc) is 2.59. The molecule has 25 heavy (non-hydrogen) atoms. The van der Waals surface area contributed by atoms with E-state index in [0.29, 0.717) is 31.9 Å². The Morgan fingerprint density at radius 1 is 1.04 bits per heavy atom. The van der Waals surface area contributed by atoms with Gasteiger partial charge in [-0.1, -0.05) is 18.2 Å². The summed E-state index contributed by atoms with van der Waals surface area (Å²) in [5.74, 6) is 1.47. The fraction of sp³-hybridized carbons (Fsp3) is 0.316. The number of rotatable bonds is 8. The molecule has 0 spiro atoms. The number of anilines is 1. The summed E-state index contributed by atoms with van der Waals surface area (Å²) in [7, 11) is 0. The second-order valence-corrected chi connectivity index (χ2v) is 5.78. The van der Waals surface area contributed by atoms with Crippen molar-refractivity contribution in [2.45, 2.75) is 25.2 Å². The Bertz CT molecular complexity index is 707. The number of para-hydroxylation sites is 1.